The van der Waals surface area contributed by atoms with Crippen molar-refractivity contribution in [3.8, 4) is 0 Å². The fraction of sp³-hybridized carbons (Fsp3) is 0.500. The third-order valence-corrected chi connectivity index (χ3v) is 3.10. The van der Waals surface area contributed by atoms with Crippen molar-refractivity contribution >= 4 is 5.91 Å². The zero-order chi connectivity index (χ0) is 13.5. The predicted molar refractivity (Wildman–Crippen MR) is 70.7 cm³/mol. The van der Waals surface area contributed by atoms with Gasteiger partial charge < -0.3 is 10.6 Å². The van der Waals surface area contributed by atoms with E-state index in [1.807, 2.05) is 13.8 Å². The summed E-state index contributed by atoms with van der Waals surface area (Å²) in [5, 5.41) is 0. The standard InChI is InChI=1S/C14H21FN2O/c1-3-17(4-2)14(18)13(9-10-16)11-5-7-12(15)8-6-11/h5-8,13H,3-4,9-10,16H2,1-2H3. The van der Waals surface area contributed by atoms with Gasteiger partial charge in [-0.3, -0.25) is 4.79 Å². The molecule has 1 unspecified atom stereocenters. The molecule has 0 bridgehead atoms. The number of carbonyl (C=O) groups excluding carboxylic acids is 1. The topological polar surface area (TPSA) is 46.3 Å². The van der Waals surface area contributed by atoms with Crippen LogP contribution in [0.15, 0.2) is 24.3 Å². The molecule has 1 atom stereocenters. The highest BCUT2D eigenvalue weighted by molar-refractivity contribution is 5.83. The van der Waals surface area contributed by atoms with Crippen LogP contribution in [0.2, 0.25) is 0 Å². The normalized spacial score (nSPS) is 12.2. The molecule has 2 N–H and O–H groups in total. The Morgan fingerprint density at radius 2 is 1.83 bits per heavy atom. The Labute approximate surface area is 108 Å². The third-order valence-electron chi connectivity index (χ3n) is 3.10. The number of nitrogens with zero attached hydrogens (tertiary/aromatic N) is 1. The van der Waals surface area contributed by atoms with Crippen molar-refractivity contribution in [3.05, 3.63) is 35.6 Å². The van der Waals surface area contributed by atoms with Crippen LogP contribution in [0.5, 0.6) is 0 Å². The zero-order valence-electron chi connectivity index (χ0n) is 11.0. The van der Waals surface area contributed by atoms with Gasteiger partial charge in [0.1, 0.15) is 5.82 Å². The van der Waals surface area contributed by atoms with E-state index in [9.17, 15) is 9.18 Å². The van der Waals surface area contributed by atoms with Crippen LogP contribution in [0.1, 0.15) is 31.7 Å². The van der Waals surface area contributed by atoms with Gasteiger partial charge in [0, 0.05) is 13.1 Å². The van der Waals surface area contributed by atoms with Crippen molar-refractivity contribution < 1.29 is 9.18 Å². The maximum atomic E-state index is 12.9. The first-order valence-corrected chi connectivity index (χ1v) is 6.38. The van der Waals surface area contributed by atoms with Crippen LogP contribution in [-0.2, 0) is 4.79 Å². The van der Waals surface area contributed by atoms with Gasteiger partial charge in [0.2, 0.25) is 5.91 Å². The molecule has 4 heteroatoms. The number of nitrogens with two attached hydrogens (primary N) is 1. The van der Waals surface area contributed by atoms with E-state index in [-0.39, 0.29) is 17.6 Å². The molecular weight excluding hydrogens is 231 g/mol. The molecule has 0 aromatic heterocycles. The Bertz CT molecular complexity index is 374. The second kappa shape index (κ2) is 7.11. The zero-order valence-corrected chi connectivity index (χ0v) is 11.0. The van der Waals surface area contributed by atoms with E-state index in [1.54, 1.807) is 17.0 Å². The SMILES string of the molecule is CCN(CC)C(=O)C(CCN)c1ccc(F)cc1. The largest absolute Gasteiger partial charge is 0.343 e. The second-order valence-electron chi connectivity index (χ2n) is 4.19. The van der Waals surface area contributed by atoms with E-state index >= 15 is 0 Å². The molecule has 0 aliphatic heterocycles. The van der Waals surface area contributed by atoms with Crippen molar-refractivity contribution in [2.24, 2.45) is 5.73 Å². The van der Waals surface area contributed by atoms with Gasteiger partial charge in [-0.2, -0.15) is 0 Å². The lowest BCUT2D eigenvalue weighted by molar-refractivity contribution is -0.132. The van der Waals surface area contributed by atoms with E-state index in [1.165, 1.54) is 12.1 Å². The van der Waals surface area contributed by atoms with Crippen LogP contribution in [0.3, 0.4) is 0 Å². The maximum Gasteiger partial charge on any atom is 0.230 e. The molecule has 3 nitrogen and oxygen atoms in total. The number of halogens is 1. The Morgan fingerprint density at radius 1 is 1.28 bits per heavy atom. The number of amides is 1. The molecule has 1 aromatic carbocycles. The molecule has 0 aliphatic rings. The maximum absolute atomic E-state index is 12.9. The average Bonchev–Trinajstić information content (AvgIpc) is 2.38. The molecule has 18 heavy (non-hydrogen) atoms. The molecule has 1 rings (SSSR count). The molecule has 0 saturated heterocycles. The van der Waals surface area contributed by atoms with Crippen molar-refractivity contribution in [3.63, 3.8) is 0 Å². The van der Waals surface area contributed by atoms with E-state index in [2.05, 4.69) is 0 Å². The first-order chi connectivity index (χ1) is 8.63. The van der Waals surface area contributed by atoms with Gasteiger partial charge in [0.25, 0.3) is 0 Å². The van der Waals surface area contributed by atoms with Crippen LogP contribution < -0.4 is 5.73 Å². The summed E-state index contributed by atoms with van der Waals surface area (Å²) in [6.45, 7) is 5.70. The highest BCUT2D eigenvalue weighted by Crippen LogP contribution is 2.22. The minimum atomic E-state index is -0.291. The molecule has 1 amide bonds. The molecule has 1 aromatic rings. The third kappa shape index (κ3) is 3.53. The molecular formula is C14H21FN2O. The summed E-state index contributed by atoms with van der Waals surface area (Å²) in [5.74, 6) is -0.493. The minimum absolute atomic E-state index is 0.0667. The van der Waals surface area contributed by atoms with Gasteiger partial charge >= 0.3 is 0 Å². The predicted octanol–water partition coefficient (Wildman–Crippen LogP) is 2.13. The molecule has 0 heterocycles. The number of benzene rings is 1. The van der Waals surface area contributed by atoms with Gasteiger partial charge in [0.15, 0.2) is 0 Å². The van der Waals surface area contributed by atoms with Gasteiger partial charge in [-0.05, 0) is 44.5 Å². The Morgan fingerprint density at radius 3 is 2.28 bits per heavy atom. The van der Waals surface area contributed by atoms with Gasteiger partial charge in [-0.15, -0.1) is 0 Å². The first kappa shape index (κ1) is 14.6. The van der Waals surface area contributed by atoms with E-state index in [0.717, 1.165) is 5.56 Å². The molecule has 0 saturated carbocycles. The second-order valence-corrected chi connectivity index (χ2v) is 4.19. The fourth-order valence-corrected chi connectivity index (χ4v) is 2.05. The average molecular weight is 252 g/mol. The Balaban J connectivity index is 2.94. The van der Waals surface area contributed by atoms with Crippen molar-refractivity contribution in [1.82, 2.24) is 4.90 Å². The van der Waals surface area contributed by atoms with Crippen molar-refractivity contribution in [2.45, 2.75) is 26.2 Å². The lowest BCUT2D eigenvalue weighted by Crippen LogP contribution is -2.35. The molecule has 0 fully saturated rings. The van der Waals surface area contributed by atoms with Crippen LogP contribution in [0.25, 0.3) is 0 Å². The highest BCUT2D eigenvalue weighted by Gasteiger charge is 2.23. The summed E-state index contributed by atoms with van der Waals surface area (Å²) < 4.78 is 12.9. The van der Waals surface area contributed by atoms with Gasteiger partial charge in [-0.1, -0.05) is 12.1 Å². The van der Waals surface area contributed by atoms with Crippen molar-refractivity contribution in [2.75, 3.05) is 19.6 Å². The summed E-state index contributed by atoms with van der Waals surface area (Å²) >= 11 is 0. The number of hydrogen-bond acceptors (Lipinski definition) is 2. The minimum Gasteiger partial charge on any atom is -0.343 e. The highest BCUT2D eigenvalue weighted by atomic mass is 19.1. The summed E-state index contributed by atoms with van der Waals surface area (Å²) in [6.07, 6.45) is 0.584. The van der Waals surface area contributed by atoms with Crippen molar-refractivity contribution in [1.29, 1.82) is 0 Å². The van der Waals surface area contributed by atoms with E-state index < -0.39 is 0 Å². The smallest absolute Gasteiger partial charge is 0.230 e. The van der Waals surface area contributed by atoms with Gasteiger partial charge in [0.05, 0.1) is 5.92 Å². The first-order valence-electron chi connectivity index (χ1n) is 6.38. The Hall–Kier alpha value is -1.42. The number of hydrogen-bond donors (Lipinski definition) is 1. The van der Waals surface area contributed by atoms with Crippen LogP contribution >= 0.6 is 0 Å². The van der Waals surface area contributed by atoms with Crippen LogP contribution in [0.4, 0.5) is 4.39 Å². The van der Waals surface area contributed by atoms with E-state index in [0.29, 0.717) is 26.1 Å². The summed E-state index contributed by atoms with van der Waals surface area (Å²) in [5.41, 5.74) is 6.40. The van der Waals surface area contributed by atoms with Crippen LogP contribution in [-0.4, -0.2) is 30.4 Å². The number of rotatable bonds is 6. The molecule has 0 aliphatic carbocycles. The van der Waals surface area contributed by atoms with Gasteiger partial charge in [-0.25, -0.2) is 4.39 Å². The number of carbonyl (C=O) groups is 1. The summed E-state index contributed by atoms with van der Waals surface area (Å²) in [4.78, 5) is 14.1. The fourth-order valence-electron chi connectivity index (χ4n) is 2.05. The molecule has 0 spiro atoms. The summed E-state index contributed by atoms with van der Waals surface area (Å²) in [7, 11) is 0. The van der Waals surface area contributed by atoms with E-state index in [4.69, 9.17) is 5.73 Å². The lowest BCUT2D eigenvalue weighted by Gasteiger charge is -2.25. The number of likely N-dealkylation sites (N-methyl/N-ethyl adjacent to an activating group) is 1. The molecule has 0 radical (unpaired) electrons. The van der Waals surface area contributed by atoms with Crippen LogP contribution in [0, 0.1) is 5.82 Å². The quantitative estimate of drug-likeness (QED) is 0.843. The Kier molecular flexibility index (Phi) is 5.78. The lowest BCUT2D eigenvalue weighted by atomic mass is 9.94. The monoisotopic (exact) mass is 252 g/mol. The summed E-state index contributed by atoms with van der Waals surface area (Å²) in [6, 6.07) is 6.09. The molecule has 100 valence electrons.